The first kappa shape index (κ1) is 34.5. The molecular weight excluding hydrogens is 645 g/mol. The van der Waals surface area contributed by atoms with E-state index in [1.807, 2.05) is 0 Å². The number of hydrogen-bond acceptors (Lipinski definition) is 17. The molecule has 0 aromatic heterocycles. The number of aldehydes is 1. The maximum atomic E-state index is 11.2. The highest BCUT2D eigenvalue weighted by Crippen LogP contribution is 2.40. The number of halogens is 1. The summed E-state index contributed by atoms with van der Waals surface area (Å²) in [6.45, 7) is -2.59. The first-order chi connectivity index (χ1) is 18.2. The van der Waals surface area contributed by atoms with Crippen molar-refractivity contribution in [3.8, 4) is 0 Å². The topological polar surface area (TPSA) is 344 Å². The molecule has 2 rings (SSSR count). The van der Waals surface area contributed by atoms with E-state index in [4.69, 9.17) is 47.3 Å². The minimum atomic E-state index is -2.40. The Morgan fingerprint density at radius 1 is 1.08 bits per heavy atom. The third-order valence-corrected chi connectivity index (χ3v) is 8.21. The molecule has 19 heteroatoms. The monoisotopic (exact) mass is 683 g/mol. The smallest absolute Gasteiger partial charge is 0.206 e. The van der Waals surface area contributed by atoms with E-state index in [0.29, 0.717) is 0 Å². The van der Waals surface area contributed by atoms with Gasteiger partial charge in [-0.15, -0.1) is 0 Å². The van der Waals surface area contributed by atoms with Crippen LogP contribution in [0.4, 0.5) is 0 Å². The average Bonchev–Trinajstić information content (AvgIpc) is 2.93. The number of alkyl halides is 1. The molecule has 18 nitrogen and oxygen atoms in total. The molecular formula is C20H38IN5O13. The largest absolute Gasteiger partial charge is 0.394 e. The van der Waals surface area contributed by atoms with Gasteiger partial charge in [-0.05, 0) is 0 Å². The van der Waals surface area contributed by atoms with Crippen molar-refractivity contribution in [2.75, 3.05) is 19.8 Å². The number of carbonyl (C=O) groups excluding carboxylic acids is 1. The van der Waals surface area contributed by atoms with Crippen molar-refractivity contribution in [3.63, 3.8) is 0 Å². The van der Waals surface area contributed by atoms with Gasteiger partial charge in [-0.2, -0.15) is 0 Å². The van der Waals surface area contributed by atoms with Crippen LogP contribution in [-0.4, -0.2) is 162 Å². The second-order valence-electron chi connectivity index (χ2n) is 9.32. The Labute approximate surface area is 236 Å². The van der Waals surface area contributed by atoms with Crippen molar-refractivity contribution in [3.05, 3.63) is 0 Å². The average molecular weight is 683 g/mol. The van der Waals surface area contributed by atoms with Crippen LogP contribution in [0.3, 0.4) is 0 Å². The maximum absolute atomic E-state index is 11.2. The molecule has 0 bridgehead atoms. The van der Waals surface area contributed by atoms with Crippen molar-refractivity contribution in [2.45, 2.75) is 89.1 Å². The van der Waals surface area contributed by atoms with Gasteiger partial charge in [0.05, 0.1) is 37.9 Å². The van der Waals surface area contributed by atoms with Gasteiger partial charge >= 0.3 is 0 Å². The van der Waals surface area contributed by atoms with Crippen molar-refractivity contribution in [2.24, 2.45) is 22.9 Å². The zero-order valence-electron chi connectivity index (χ0n) is 20.6. The Hall–Kier alpha value is -0.730. The molecule has 2 saturated heterocycles. The molecule has 17 N–H and O–H groups in total. The van der Waals surface area contributed by atoms with Crippen LogP contribution in [0.2, 0.25) is 0 Å². The minimum Gasteiger partial charge on any atom is -0.394 e. The van der Waals surface area contributed by atoms with Crippen molar-refractivity contribution < 1.29 is 64.6 Å². The third-order valence-electron chi connectivity index (χ3n) is 6.67. The van der Waals surface area contributed by atoms with Crippen molar-refractivity contribution in [1.82, 2.24) is 0 Å². The van der Waals surface area contributed by atoms with Crippen LogP contribution >= 0.6 is 22.6 Å². The van der Waals surface area contributed by atoms with Crippen LogP contribution in [0.5, 0.6) is 0 Å². The molecule has 0 radical (unpaired) electrons. The fourth-order valence-electron chi connectivity index (χ4n) is 4.34. The Kier molecular flexibility index (Phi) is 12.8. The Morgan fingerprint density at radius 3 is 2.15 bits per heavy atom. The Balaban J connectivity index is 2.48. The summed E-state index contributed by atoms with van der Waals surface area (Å²) in [7, 11) is 0. The minimum absolute atomic E-state index is 0.152. The molecule has 2 aliphatic heterocycles. The summed E-state index contributed by atoms with van der Waals surface area (Å²) in [5, 5.41) is 89.4. The standard InChI is InChI=1S/C20H38IN5O13/c21-16(18(25)26)20(39-14(6(31)2-28)10(32)5(22)1-27)17(24)13(35)15(8(4-30)38-20)37-19-9(23)12(34)11(33)7(3-29)36-19/h1,5-17,19,28-35H,2-4,22-24H2,(H3,25,26)/t5-,6+,7+,8+,9+,10+,11+,12+,13-,14+,15+,16?,17+,19-,20+/m0/s1. The summed E-state index contributed by atoms with van der Waals surface area (Å²) in [5.74, 6) is -3.01. The molecule has 39 heavy (non-hydrogen) atoms. The zero-order valence-corrected chi connectivity index (χ0v) is 22.7. The molecule has 15 atom stereocenters. The molecule has 228 valence electrons. The van der Waals surface area contributed by atoms with Crippen molar-refractivity contribution in [1.29, 1.82) is 5.41 Å². The molecule has 2 aliphatic rings. The number of carbonyl (C=O) groups is 1. The molecule has 0 amide bonds. The Bertz CT molecular complexity index is 818. The normalized spacial score (nSPS) is 41.3. The molecule has 0 aliphatic carbocycles. The molecule has 0 aromatic rings. The lowest BCUT2D eigenvalue weighted by Gasteiger charge is -2.54. The summed E-state index contributed by atoms with van der Waals surface area (Å²) < 4.78 is 21.5. The first-order valence-corrected chi connectivity index (χ1v) is 13.1. The summed E-state index contributed by atoms with van der Waals surface area (Å²) in [6, 6.07) is -4.72. The van der Waals surface area contributed by atoms with E-state index in [0.717, 1.165) is 0 Å². The van der Waals surface area contributed by atoms with E-state index in [2.05, 4.69) is 0 Å². The van der Waals surface area contributed by atoms with Gasteiger partial charge < -0.3 is 87.5 Å². The van der Waals surface area contributed by atoms with Gasteiger partial charge in [-0.3, -0.25) is 5.41 Å². The lowest BCUT2D eigenvalue weighted by molar-refractivity contribution is -0.372. The van der Waals surface area contributed by atoms with Gasteiger partial charge in [-0.1, -0.05) is 22.6 Å². The number of rotatable bonds is 13. The lowest BCUT2D eigenvalue weighted by Crippen LogP contribution is -2.76. The number of amidine groups is 1. The third kappa shape index (κ3) is 7.02. The van der Waals surface area contributed by atoms with E-state index in [-0.39, 0.29) is 6.29 Å². The highest BCUT2D eigenvalue weighted by atomic mass is 127. The van der Waals surface area contributed by atoms with Gasteiger partial charge in [-0.25, -0.2) is 0 Å². The molecule has 0 aromatic carbocycles. The van der Waals surface area contributed by atoms with E-state index < -0.39 is 115 Å². The summed E-state index contributed by atoms with van der Waals surface area (Å²) in [4.78, 5) is 11.2. The Morgan fingerprint density at radius 2 is 1.67 bits per heavy atom. The predicted octanol–water partition coefficient (Wildman–Crippen LogP) is -7.72. The summed E-state index contributed by atoms with van der Waals surface area (Å²) >= 11 is 1.58. The number of ether oxygens (including phenoxy) is 4. The summed E-state index contributed by atoms with van der Waals surface area (Å²) in [6.07, 6.45) is -16.5. The van der Waals surface area contributed by atoms with E-state index in [9.17, 15) is 45.6 Å². The molecule has 0 saturated carbocycles. The van der Waals surface area contributed by atoms with Gasteiger partial charge in [0.2, 0.25) is 5.79 Å². The molecule has 0 spiro atoms. The highest BCUT2D eigenvalue weighted by molar-refractivity contribution is 14.1. The van der Waals surface area contributed by atoms with Crippen molar-refractivity contribution >= 4 is 34.7 Å². The first-order valence-electron chi connectivity index (χ1n) is 11.8. The second-order valence-corrected chi connectivity index (χ2v) is 10.6. The van der Waals surface area contributed by atoms with Crippen LogP contribution in [-0.2, 0) is 23.7 Å². The van der Waals surface area contributed by atoms with Gasteiger partial charge in [0.25, 0.3) is 0 Å². The van der Waals surface area contributed by atoms with E-state index >= 15 is 0 Å². The SMILES string of the molecule is N=C(N)C(I)[C@]1(O[C@@H]([C@H](O)[C@@H](N)C=O)[C@H](O)CO)O[C@H](CO)[C@@H](O[C@@H]2O[C@H](CO)[C@@H](O)[C@H](O)[C@H]2N)[C@H](O)[C@H]1N. The van der Waals surface area contributed by atoms with Gasteiger partial charge in [0, 0.05) is 0 Å². The highest BCUT2D eigenvalue weighted by Gasteiger charge is 2.61. The number of nitrogens with one attached hydrogen (secondary N) is 1. The number of nitrogens with two attached hydrogens (primary N) is 4. The van der Waals surface area contributed by atoms with E-state index in [1.165, 1.54) is 0 Å². The maximum Gasteiger partial charge on any atom is 0.206 e. The fourth-order valence-corrected chi connectivity index (χ4v) is 5.05. The van der Waals surface area contributed by atoms with E-state index in [1.54, 1.807) is 22.6 Å². The van der Waals surface area contributed by atoms with Crippen LogP contribution in [0.25, 0.3) is 0 Å². The second kappa shape index (κ2) is 14.4. The van der Waals surface area contributed by atoms with Crippen LogP contribution < -0.4 is 22.9 Å². The number of aliphatic hydroxyl groups is 8. The van der Waals surface area contributed by atoms with Gasteiger partial charge in [0.1, 0.15) is 71.0 Å². The quantitative estimate of drug-likeness (QED) is 0.0282. The number of hydrogen-bond donors (Lipinski definition) is 13. The lowest BCUT2D eigenvalue weighted by atomic mass is 9.87. The predicted molar refractivity (Wildman–Crippen MR) is 137 cm³/mol. The fraction of sp³-hybridized carbons (Fsp3) is 0.900. The van der Waals surface area contributed by atoms with Crippen LogP contribution in [0.15, 0.2) is 0 Å². The molecule has 2 heterocycles. The molecule has 2 fully saturated rings. The zero-order chi connectivity index (χ0) is 29.8. The van der Waals surface area contributed by atoms with Crippen LogP contribution in [0, 0.1) is 5.41 Å². The molecule has 1 unspecified atom stereocenters. The van der Waals surface area contributed by atoms with Gasteiger partial charge in [0.15, 0.2) is 6.29 Å². The van der Waals surface area contributed by atoms with Crippen LogP contribution in [0.1, 0.15) is 0 Å². The summed E-state index contributed by atoms with van der Waals surface area (Å²) in [5.41, 5.74) is 23.4. The number of aliphatic hydroxyl groups excluding tert-OH is 8.